The van der Waals surface area contributed by atoms with Crippen molar-refractivity contribution in [1.82, 2.24) is 9.88 Å². The van der Waals surface area contributed by atoms with Gasteiger partial charge in [0.2, 0.25) is 0 Å². The van der Waals surface area contributed by atoms with Gasteiger partial charge in [0.15, 0.2) is 9.84 Å². The largest absolute Gasteiger partial charge is 0.357 e. The van der Waals surface area contributed by atoms with Crippen molar-refractivity contribution < 1.29 is 8.42 Å². The lowest BCUT2D eigenvalue weighted by Gasteiger charge is -2.26. The summed E-state index contributed by atoms with van der Waals surface area (Å²) < 4.78 is 23.4. The minimum absolute atomic E-state index is 0.00839. The Hall–Kier alpha value is -1.58. The van der Waals surface area contributed by atoms with Gasteiger partial charge in [-0.2, -0.15) is 0 Å². The zero-order chi connectivity index (χ0) is 17.0. The molecule has 0 radical (unpaired) electrons. The maximum atomic E-state index is 11.7. The van der Waals surface area contributed by atoms with Crippen LogP contribution in [-0.4, -0.2) is 55.5 Å². The van der Waals surface area contributed by atoms with Crippen LogP contribution in [-0.2, 0) is 16.4 Å². The number of anilines is 1. The molecule has 6 heteroatoms. The quantitative estimate of drug-likeness (QED) is 0.738. The van der Waals surface area contributed by atoms with Crippen molar-refractivity contribution in [2.75, 3.05) is 30.0 Å². The second-order valence-corrected chi connectivity index (χ2v) is 8.62. The lowest BCUT2D eigenvalue weighted by Crippen LogP contribution is -2.36. The maximum absolute atomic E-state index is 11.7. The number of aromatic nitrogens is 1. The third kappa shape index (κ3) is 4.69. The summed E-state index contributed by atoms with van der Waals surface area (Å²) in [5.74, 6) is 4.03. The third-order valence-corrected chi connectivity index (χ3v) is 6.10. The Labute approximate surface area is 139 Å². The topological polar surface area (TPSA) is 53.5 Å². The predicted molar refractivity (Wildman–Crippen MR) is 94.1 cm³/mol. The summed E-state index contributed by atoms with van der Waals surface area (Å²) in [6.45, 7) is 5.31. The van der Waals surface area contributed by atoms with Crippen molar-refractivity contribution >= 4 is 15.7 Å². The van der Waals surface area contributed by atoms with Crippen LogP contribution >= 0.6 is 0 Å². The lowest BCUT2D eigenvalue weighted by atomic mass is 10.2. The SMILES string of the molecule is C#CCN(Cc1ccc(N(C)C(C)C)nc1)C1CCS(=O)(=O)C1. The second kappa shape index (κ2) is 7.33. The Kier molecular flexibility index (Phi) is 5.66. The molecule has 1 saturated heterocycles. The van der Waals surface area contributed by atoms with Gasteiger partial charge in [0.05, 0.1) is 18.1 Å². The molecule has 1 fully saturated rings. The van der Waals surface area contributed by atoms with E-state index in [-0.39, 0.29) is 17.5 Å². The molecule has 0 spiro atoms. The number of nitrogens with zero attached hydrogens (tertiary/aromatic N) is 3. The van der Waals surface area contributed by atoms with Crippen LogP contribution < -0.4 is 4.90 Å². The average molecular weight is 335 g/mol. The summed E-state index contributed by atoms with van der Waals surface area (Å²) in [5.41, 5.74) is 1.05. The van der Waals surface area contributed by atoms with Crippen LogP contribution in [0.3, 0.4) is 0 Å². The smallest absolute Gasteiger partial charge is 0.151 e. The van der Waals surface area contributed by atoms with E-state index in [1.807, 2.05) is 25.4 Å². The molecule has 0 bridgehead atoms. The normalized spacial score (nSPS) is 19.9. The highest BCUT2D eigenvalue weighted by Gasteiger charge is 2.31. The summed E-state index contributed by atoms with van der Waals surface area (Å²) in [7, 11) is -0.897. The average Bonchev–Trinajstić information content (AvgIpc) is 2.87. The number of terminal acetylenes is 1. The first-order valence-corrected chi connectivity index (χ1v) is 9.70. The van der Waals surface area contributed by atoms with Gasteiger partial charge in [-0.1, -0.05) is 12.0 Å². The fraction of sp³-hybridized carbons (Fsp3) is 0.588. The van der Waals surface area contributed by atoms with Crippen LogP contribution in [0.2, 0.25) is 0 Å². The Morgan fingerprint density at radius 1 is 1.43 bits per heavy atom. The van der Waals surface area contributed by atoms with Gasteiger partial charge < -0.3 is 4.90 Å². The van der Waals surface area contributed by atoms with Crippen LogP contribution in [0, 0.1) is 12.3 Å². The molecular weight excluding hydrogens is 310 g/mol. The molecule has 5 nitrogen and oxygen atoms in total. The van der Waals surface area contributed by atoms with E-state index < -0.39 is 9.84 Å². The molecular formula is C17H25N3O2S. The Bertz CT molecular complexity index is 662. The first-order valence-electron chi connectivity index (χ1n) is 7.88. The van der Waals surface area contributed by atoms with E-state index in [9.17, 15) is 8.42 Å². The molecule has 2 rings (SSSR count). The van der Waals surface area contributed by atoms with Gasteiger partial charge in [-0.25, -0.2) is 13.4 Å². The van der Waals surface area contributed by atoms with Crippen molar-refractivity contribution in [3.63, 3.8) is 0 Å². The number of hydrogen-bond acceptors (Lipinski definition) is 5. The third-order valence-electron chi connectivity index (χ3n) is 4.35. The number of rotatable bonds is 6. The fourth-order valence-corrected chi connectivity index (χ4v) is 4.47. The molecule has 23 heavy (non-hydrogen) atoms. The van der Waals surface area contributed by atoms with Crippen molar-refractivity contribution in [3.05, 3.63) is 23.9 Å². The highest BCUT2D eigenvalue weighted by Crippen LogP contribution is 2.20. The van der Waals surface area contributed by atoms with E-state index in [1.54, 1.807) is 0 Å². The summed E-state index contributed by atoms with van der Waals surface area (Å²) in [6.07, 6.45) is 7.96. The zero-order valence-corrected chi connectivity index (χ0v) is 14.9. The molecule has 2 heterocycles. The first kappa shape index (κ1) is 17.8. The highest BCUT2D eigenvalue weighted by molar-refractivity contribution is 7.91. The van der Waals surface area contributed by atoms with Crippen LogP contribution in [0.15, 0.2) is 18.3 Å². The highest BCUT2D eigenvalue weighted by atomic mass is 32.2. The maximum Gasteiger partial charge on any atom is 0.151 e. The summed E-state index contributed by atoms with van der Waals surface area (Å²) in [6, 6.07) is 4.42. The van der Waals surface area contributed by atoms with E-state index in [2.05, 4.69) is 34.6 Å². The molecule has 0 N–H and O–H groups in total. The number of pyridine rings is 1. The van der Waals surface area contributed by atoms with E-state index in [1.165, 1.54) is 0 Å². The molecule has 1 atom stereocenters. The van der Waals surface area contributed by atoms with E-state index in [4.69, 9.17) is 6.42 Å². The molecule has 1 unspecified atom stereocenters. The van der Waals surface area contributed by atoms with Gasteiger partial charge in [-0.05, 0) is 31.9 Å². The van der Waals surface area contributed by atoms with E-state index in [0.717, 1.165) is 11.4 Å². The van der Waals surface area contributed by atoms with Crippen LogP contribution in [0.25, 0.3) is 0 Å². The van der Waals surface area contributed by atoms with Gasteiger partial charge >= 0.3 is 0 Å². The van der Waals surface area contributed by atoms with Crippen molar-refractivity contribution in [2.45, 2.75) is 38.9 Å². The van der Waals surface area contributed by atoms with E-state index >= 15 is 0 Å². The number of hydrogen-bond donors (Lipinski definition) is 0. The summed E-state index contributed by atoms with van der Waals surface area (Å²) in [5, 5.41) is 0. The zero-order valence-electron chi connectivity index (χ0n) is 14.1. The van der Waals surface area contributed by atoms with Crippen molar-refractivity contribution in [1.29, 1.82) is 0 Å². The molecule has 1 aromatic heterocycles. The summed E-state index contributed by atoms with van der Waals surface area (Å²) >= 11 is 0. The van der Waals surface area contributed by atoms with Gasteiger partial charge in [0.25, 0.3) is 0 Å². The first-order chi connectivity index (χ1) is 10.8. The van der Waals surface area contributed by atoms with Crippen molar-refractivity contribution in [2.24, 2.45) is 0 Å². The van der Waals surface area contributed by atoms with Gasteiger partial charge in [-0.3, -0.25) is 4.90 Å². The standard InChI is InChI=1S/C17H25N3O2S/c1-5-9-20(16-8-10-23(21,22)13-16)12-15-6-7-17(18-11-15)19(4)14(2)3/h1,6-7,11,14,16H,8-10,12-13H2,2-4H3. The van der Waals surface area contributed by atoms with Gasteiger partial charge in [-0.15, -0.1) is 6.42 Å². The molecule has 1 aliphatic rings. The molecule has 0 aliphatic carbocycles. The Balaban J connectivity index is 2.07. The molecule has 0 aromatic carbocycles. The minimum Gasteiger partial charge on any atom is -0.357 e. The lowest BCUT2D eigenvalue weighted by molar-refractivity contribution is 0.230. The molecule has 126 valence electrons. The molecule has 0 amide bonds. The predicted octanol–water partition coefficient (Wildman–Crippen LogP) is 1.55. The van der Waals surface area contributed by atoms with Crippen LogP contribution in [0.4, 0.5) is 5.82 Å². The van der Waals surface area contributed by atoms with Crippen LogP contribution in [0.5, 0.6) is 0 Å². The Morgan fingerprint density at radius 2 is 2.17 bits per heavy atom. The summed E-state index contributed by atoms with van der Waals surface area (Å²) in [4.78, 5) is 8.66. The molecule has 0 saturated carbocycles. The Morgan fingerprint density at radius 3 is 2.65 bits per heavy atom. The monoisotopic (exact) mass is 335 g/mol. The second-order valence-electron chi connectivity index (χ2n) is 6.40. The minimum atomic E-state index is -2.91. The van der Waals surface area contributed by atoms with Crippen LogP contribution in [0.1, 0.15) is 25.8 Å². The van der Waals surface area contributed by atoms with E-state index in [0.29, 0.717) is 25.6 Å². The van der Waals surface area contributed by atoms with Crippen molar-refractivity contribution in [3.8, 4) is 12.3 Å². The van der Waals surface area contributed by atoms with Gasteiger partial charge in [0.1, 0.15) is 5.82 Å². The molecule has 1 aliphatic heterocycles. The fourth-order valence-electron chi connectivity index (χ4n) is 2.71. The molecule has 1 aromatic rings. The number of sulfone groups is 1. The van der Waals surface area contributed by atoms with Gasteiger partial charge in [0, 0.05) is 31.9 Å².